The second kappa shape index (κ2) is 7.32. The van der Waals surface area contributed by atoms with E-state index in [-0.39, 0.29) is 5.56 Å². The standard InChI is InChI=1S/C18H26N4O2/c1-4-16-10-19-17(24-16)13-21(3)15-6-8-22(12-15)11-14-5-7-20(2)18(23)9-14/h5,7,9-10,15H,4,6,8,11-13H2,1-3H3. The zero-order chi connectivity index (χ0) is 17.1. The summed E-state index contributed by atoms with van der Waals surface area (Å²) in [5.74, 6) is 1.73. The van der Waals surface area contributed by atoms with E-state index in [0.717, 1.165) is 56.2 Å². The topological polar surface area (TPSA) is 54.5 Å². The third kappa shape index (κ3) is 3.94. The van der Waals surface area contributed by atoms with E-state index in [1.165, 1.54) is 0 Å². The predicted octanol–water partition coefficient (Wildman–Crippen LogP) is 1.64. The average Bonchev–Trinajstić information content (AvgIpc) is 3.20. The van der Waals surface area contributed by atoms with Crippen molar-refractivity contribution in [2.24, 2.45) is 7.05 Å². The molecule has 3 heterocycles. The molecule has 1 saturated heterocycles. The van der Waals surface area contributed by atoms with Gasteiger partial charge in [0.2, 0.25) is 5.89 Å². The van der Waals surface area contributed by atoms with Gasteiger partial charge in [0.15, 0.2) is 0 Å². The van der Waals surface area contributed by atoms with Crippen molar-refractivity contribution in [3.8, 4) is 0 Å². The summed E-state index contributed by atoms with van der Waals surface area (Å²) in [4.78, 5) is 20.8. The maximum Gasteiger partial charge on any atom is 0.250 e. The Bertz CT molecular complexity index is 737. The summed E-state index contributed by atoms with van der Waals surface area (Å²) in [6.07, 6.45) is 5.67. The molecular weight excluding hydrogens is 304 g/mol. The Morgan fingerprint density at radius 2 is 2.29 bits per heavy atom. The lowest BCUT2D eigenvalue weighted by atomic mass is 10.2. The highest BCUT2D eigenvalue weighted by Crippen LogP contribution is 2.18. The summed E-state index contributed by atoms with van der Waals surface area (Å²) >= 11 is 0. The molecular formula is C18H26N4O2. The molecule has 6 nitrogen and oxygen atoms in total. The Morgan fingerprint density at radius 3 is 3.00 bits per heavy atom. The number of oxazole rings is 1. The van der Waals surface area contributed by atoms with Crippen molar-refractivity contribution in [3.63, 3.8) is 0 Å². The highest BCUT2D eigenvalue weighted by molar-refractivity contribution is 5.11. The molecule has 0 saturated carbocycles. The molecule has 0 radical (unpaired) electrons. The zero-order valence-electron chi connectivity index (χ0n) is 14.7. The maximum absolute atomic E-state index is 11.7. The minimum Gasteiger partial charge on any atom is -0.444 e. The molecule has 0 amide bonds. The first-order valence-corrected chi connectivity index (χ1v) is 8.57. The van der Waals surface area contributed by atoms with Crippen LogP contribution in [0.2, 0.25) is 0 Å². The number of pyridine rings is 1. The lowest BCUT2D eigenvalue weighted by Gasteiger charge is -2.23. The van der Waals surface area contributed by atoms with Crippen LogP contribution in [0.15, 0.2) is 33.7 Å². The van der Waals surface area contributed by atoms with Crippen molar-refractivity contribution in [2.75, 3.05) is 20.1 Å². The van der Waals surface area contributed by atoms with Gasteiger partial charge in [-0.15, -0.1) is 0 Å². The smallest absolute Gasteiger partial charge is 0.250 e. The minimum atomic E-state index is 0.0518. The molecule has 2 aromatic rings. The van der Waals surface area contributed by atoms with Crippen molar-refractivity contribution in [3.05, 3.63) is 52.1 Å². The molecule has 1 aliphatic rings. The molecule has 0 spiro atoms. The largest absolute Gasteiger partial charge is 0.444 e. The number of likely N-dealkylation sites (tertiary alicyclic amines) is 1. The number of nitrogens with zero attached hydrogens (tertiary/aromatic N) is 4. The van der Waals surface area contributed by atoms with E-state index in [9.17, 15) is 4.79 Å². The van der Waals surface area contributed by atoms with Gasteiger partial charge in [-0.3, -0.25) is 14.6 Å². The van der Waals surface area contributed by atoms with Gasteiger partial charge in [-0.1, -0.05) is 6.92 Å². The number of rotatable bonds is 6. The van der Waals surface area contributed by atoms with Crippen LogP contribution < -0.4 is 5.56 Å². The molecule has 0 bridgehead atoms. The van der Waals surface area contributed by atoms with E-state index in [0.29, 0.717) is 6.04 Å². The van der Waals surface area contributed by atoms with E-state index in [1.54, 1.807) is 17.7 Å². The molecule has 24 heavy (non-hydrogen) atoms. The lowest BCUT2D eigenvalue weighted by molar-refractivity contribution is 0.204. The predicted molar refractivity (Wildman–Crippen MR) is 92.7 cm³/mol. The third-order valence-corrected chi connectivity index (χ3v) is 4.78. The summed E-state index contributed by atoms with van der Waals surface area (Å²) < 4.78 is 7.31. The fraction of sp³-hybridized carbons (Fsp3) is 0.556. The molecule has 1 aliphatic heterocycles. The van der Waals surface area contributed by atoms with Crippen molar-refractivity contribution >= 4 is 0 Å². The molecule has 1 atom stereocenters. The minimum absolute atomic E-state index is 0.0518. The van der Waals surface area contributed by atoms with E-state index in [2.05, 4.69) is 28.8 Å². The second-order valence-corrected chi connectivity index (χ2v) is 6.65. The van der Waals surface area contributed by atoms with E-state index in [4.69, 9.17) is 4.42 Å². The van der Waals surface area contributed by atoms with Crippen LogP contribution in [-0.4, -0.2) is 45.5 Å². The van der Waals surface area contributed by atoms with Crippen LogP contribution in [0.1, 0.15) is 30.6 Å². The SMILES string of the molecule is CCc1cnc(CN(C)C2CCN(Cc3ccn(C)c(=O)c3)C2)o1. The zero-order valence-corrected chi connectivity index (χ0v) is 14.7. The third-order valence-electron chi connectivity index (χ3n) is 4.78. The highest BCUT2D eigenvalue weighted by atomic mass is 16.4. The van der Waals surface area contributed by atoms with Gasteiger partial charge in [-0.25, -0.2) is 4.98 Å². The van der Waals surface area contributed by atoms with Gasteiger partial charge in [0, 0.05) is 51.4 Å². The van der Waals surface area contributed by atoms with Gasteiger partial charge in [-0.2, -0.15) is 0 Å². The number of aryl methyl sites for hydroxylation is 2. The molecule has 2 aromatic heterocycles. The summed E-state index contributed by atoms with van der Waals surface area (Å²) in [5, 5.41) is 0. The highest BCUT2D eigenvalue weighted by Gasteiger charge is 2.26. The molecule has 6 heteroatoms. The fourth-order valence-electron chi connectivity index (χ4n) is 3.19. The van der Waals surface area contributed by atoms with Crippen LogP contribution in [0, 0.1) is 0 Å². The van der Waals surface area contributed by atoms with Crippen LogP contribution in [0.4, 0.5) is 0 Å². The monoisotopic (exact) mass is 330 g/mol. The van der Waals surface area contributed by atoms with Gasteiger partial charge >= 0.3 is 0 Å². The first-order valence-electron chi connectivity index (χ1n) is 8.57. The van der Waals surface area contributed by atoms with E-state index in [1.807, 2.05) is 18.5 Å². The first-order chi connectivity index (χ1) is 11.5. The Labute approximate surface area is 142 Å². The van der Waals surface area contributed by atoms with E-state index < -0.39 is 0 Å². The molecule has 1 fully saturated rings. The molecule has 130 valence electrons. The van der Waals surface area contributed by atoms with Crippen molar-refractivity contribution in [1.29, 1.82) is 0 Å². The van der Waals surface area contributed by atoms with Gasteiger partial charge in [0.05, 0.1) is 12.7 Å². The molecule has 0 N–H and O–H groups in total. The molecule has 3 rings (SSSR count). The molecule has 1 unspecified atom stereocenters. The maximum atomic E-state index is 11.7. The lowest BCUT2D eigenvalue weighted by Crippen LogP contribution is -2.34. The Morgan fingerprint density at radius 1 is 1.46 bits per heavy atom. The first kappa shape index (κ1) is 16.9. The molecule has 0 aromatic carbocycles. The number of likely N-dealkylation sites (N-methyl/N-ethyl adjacent to an activating group) is 1. The Balaban J connectivity index is 1.54. The summed E-state index contributed by atoms with van der Waals surface area (Å²) in [6, 6.07) is 4.25. The quantitative estimate of drug-likeness (QED) is 0.806. The fourth-order valence-corrected chi connectivity index (χ4v) is 3.19. The van der Waals surface area contributed by atoms with Crippen LogP contribution in [0.25, 0.3) is 0 Å². The molecule has 0 aliphatic carbocycles. The summed E-state index contributed by atoms with van der Waals surface area (Å²) in [5.41, 5.74) is 1.14. The van der Waals surface area contributed by atoms with Crippen LogP contribution >= 0.6 is 0 Å². The van der Waals surface area contributed by atoms with Gasteiger partial charge in [-0.05, 0) is 25.1 Å². The van der Waals surface area contributed by atoms with Crippen LogP contribution in [-0.2, 0) is 26.6 Å². The normalized spacial score (nSPS) is 18.6. The number of hydrogen-bond donors (Lipinski definition) is 0. The average molecular weight is 330 g/mol. The van der Waals surface area contributed by atoms with Crippen LogP contribution in [0.3, 0.4) is 0 Å². The summed E-state index contributed by atoms with van der Waals surface area (Å²) in [6.45, 7) is 5.70. The second-order valence-electron chi connectivity index (χ2n) is 6.65. The van der Waals surface area contributed by atoms with Crippen molar-refractivity contribution in [2.45, 2.75) is 38.9 Å². The van der Waals surface area contributed by atoms with E-state index >= 15 is 0 Å². The van der Waals surface area contributed by atoms with Crippen LogP contribution in [0.5, 0.6) is 0 Å². The summed E-state index contributed by atoms with van der Waals surface area (Å²) in [7, 11) is 3.90. The van der Waals surface area contributed by atoms with Gasteiger partial charge < -0.3 is 8.98 Å². The Hall–Kier alpha value is -1.92. The van der Waals surface area contributed by atoms with Crippen molar-refractivity contribution in [1.82, 2.24) is 19.4 Å². The Kier molecular flexibility index (Phi) is 5.16. The van der Waals surface area contributed by atoms with Crippen molar-refractivity contribution < 1.29 is 4.42 Å². The number of aromatic nitrogens is 2. The van der Waals surface area contributed by atoms with Gasteiger partial charge in [0.1, 0.15) is 5.76 Å². The number of hydrogen-bond acceptors (Lipinski definition) is 5. The van der Waals surface area contributed by atoms with Gasteiger partial charge in [0.25, 0.3) is 5.56 Å².